The number of nitrogens with zero attached hydrogens (tertiary/aromatic N) is 1. The zero-order valence-corrected chi connectivity index (χ0v) is 13.7. The van der Waals surface area contributed by atoms with Crippen LogP contribution in [0.4, 0.5) is 5.69 Å². The van der Waals surface area contributed by atoms with Crippen LogP contribution in [0.2, 0.25) is 0 Å². The van der Waals surface area contributed by atoms with E-state index in [2.05, 4.69) is 49.4 Å². The van der Waals surface area contributed by atoms with Crippen molar-refractivity contribution < 1.29 is 4.79 Å². The molecule has 0 aromatic heterocycles. The number of anilines is 1. The van der Waals surface area contributed by atoms with Gasteiger partial charge in [0.25, 0.3) is 0 Å². The van der Waals surface area contributed by atoms with E-state index in [1.807, 2.05) is 22.7 Å². The number of benzene rings is 2. The van der Waals surface area contributed by atoms with Gasteiger partial charge in [0.2, 0.25) is 5.91 Å². The van der Waals surface area contributed by atoms with Crippen LogP contribution in [0.25, 0.3) is 0 Å². The van der Waals surface area contributed by atoms with E-state index in [-0.39, 0.29) is 5.91 Å². The van der Waals surface area contributed by atoms with Crippen LogP contribution in [0.3, 0.4) is 0 Å². The molecule has 0 aliphatic carbocycles. The first kappa shape index (κ1) is 15.2. The predicted octanol–water partition coefficient (Wildman–Crippen LogP) is 4.67. The Morgan fingerprint density at radius 2 is 1.91 bits per heavy atom. The smallest absolute Gasteiger partial charge is 0.227 e. The average Bonchev–Trinajstić information content (AvgIpc) is 2.99. The van der Waals surface area contributed by atoms with Gasteiger partial charge in [-0.05, 0) is 36.1 Å². The monoisotopic (exact) mass is 311 g/mol. The first-order valence-corrected chi connectivity index (χ1v) is 8.87. The Morgan fingerprint density at radius 1 is 1.09 bits per heavy atom. The normalized spacial score (nSPS) is 14.6. The Bertz CT molecular complexity index is 654. The molecule has 0 saturated carbocycles. The largest absolute Gasteiger partial charge is 0.312 e. The number of rotatable bonds is 5. The molecule has 22 heavy (non-hydrogen) atoms. The van der Waals surface area contributed by atoms with Crippen LogP contribution in [-0.2, 0) is 17.0 Å². The fourth-order valence-corrected chi connectivity index (χ4v) is 4.05. The second-order valence-electron chi connectivity index (χ2n) is 5.53. The minimum Gasteiger partial charge on any atom is -0.312 e. The van der Waals surface area contributed by atoms with Crippen LogP contribution in [-0.4, -0.2) is 12.5 Å². The van der Waals surface area contributed by atoms with Gasteiger partial charge in [0.1, 0.15) is 0 Å². The second-order valence-corrected chi connectivity index (χ2v) is 6.55. The molecule has 1 saturated heterocycles. The summed E-state index contributed by atoms with van der Waals surface area (Å²) in [6, 6.07) is 16.9. The van der Waals surface area contributed by atoms with Crippen molar-refractivity contribution >= 4 is 23.4 Å². The summed E-state index contributed by atoms with van der Waals surface area (Å²) in [6.07, 6.45) is 2.62. The molecule has 0 spiro atoms. The highest BCUT2D eigenvalue weighted by Crippen LogP contribution is 2.34. The molecule has 1 fully saturated rings. The topological polar surface area (TPSA) is 20.3 Å². The fourth-order valence-electron chi connectivity index (χ4n) is 2.94. The molecule has 1 amide bonds. The third kappa shape index (κ3) is 3.20. The molecule has 1 aliphatic rings. The van der Waals surface area contributed by atoms with Crippen LogP contribution in [0.15, 0.2) is 53.4 Å². The number of thioether (sulfide) groups is 1. The molecular weight excluding hydrogens is 290 g/mol. The first-order chi connectivity index (χ1) is 10.8. The fraction of sp³-hybridized carbons (Fsp3) is 0.316. The van der Waals surface area contributed by atoms with E-state index in [1.54, 1.807) is 0 Å². The number of amides is 1. The molecule has 0 radical (unpaired) electrons. The lowest BCUT2D eigenvalue weighted by atomic mass is 10.1. The molecule has 3 rings (SSSR count). The zero-order chi connectivity index (χ0) is 15.4. The standard InChI is InChI=1S/C19H21NOS/c1-2-16-17(20-13-7-12-19(20)21)10-6-11-18(16)22-14-15-8-4-3-5-9-15/h3-6,8-11H,2,7,12-14H2,1H3. The summed E-state index contributed by atoms with van der Waals surface area (Å²) in [5.74, 6) is 1.23. The van der Waals surface area contributed by atoms with Gasteiger partial charge in [-0.15, -0.1) is 11.8 Å². The molecule has 3 heteroatoms. The molecule has 1 aliphatic heterocycles. The lowest BCUT2D eigenvalue weighted by Gasteiger charge is -2.21. The highest BCUT2D eigenvalue weighted by atomic mass is 32.2. The molecule has 2 nitrogen and oxygen atoms in total. The number of carbonyl (C=O) groups is 1. The van der Waals surface area contributed by atoms with Gasteiger partial charge < -0.3 is 4.90 Å². The summed E-state index contributed by atoms with van der Waals surface area (Å²) in [6.45, 7) is 3.03. The van der Waals surface area contributed by atoms with Crippen LogP contribution in [0, 0.1) is 0 Å². The van der Waals surface area contributed by atoms with E-state index < -0.39 is 0 Å². The molecule has 114 valence electrons. The Hall–Kier alpha value is -1.74. The Balaban J connectivity index is 1.83. The molecule has 2 aromatic rings. The van der Waals surface area contributed by atoms with Gasteiger partial charge in [-0.2, -0.15) is 0 Å². The summed E-state index contributed by atoms with van der Waals surface area (Å²) in [4.78, 5) is 15.3. The summed E-state index contributed by atoms with van der Waals surface area (Å²) in [5, 5.41) is 0. The van der Waals surface area contributed by atoms with E-state index in [0.29, 0.717) is 6.42 Å². The van der Waals surface area contributed by atoms with Crippen molar-refractivity contribution in [1.82, 2.24) is 0 Å². The third-order valence-electron chi connectivity index (χ3n) is 4.06. The number of hydrogen-bond donors (Lipinski definition) is 0. The molecule has 2 aromatic carbocycles. The van der Waals surface area contributed by atoms with Crippen molar-refractivity contribution in [2.24, 2.45) is 0 Å². The van der Waals surface area contributed by atoms with Gasteiger partial charge in [0.05, 0.1) is 0 Å². The van der Waals surface area contributed by atoms with Gasteiger partial charge in [0, 0.05) is 29.3 Å². The Morgan fingerprint density at radius 3 is 2.59 bits per heavy atom. The van der Waals surface area contributed by atoms with Gasteiger partial charge in [0.15, 0.2) is 0 Å². The Kier molecular flexibility index (Phi) is 4.84. The summed E-state index contributed by atoms with van der Waals surface area (Å²) in [7, 11) is 0. The molecule has 0 N–H and O–H groups in total. The van der Waals surface area contributed by atoms with E-state index >= 15 is 0 Å². The maximum Gasteiger partial charge on any atom is 0.227 e. The van der Waals surface area contributed by atoms with Gasteiger partial charge >= 0.3 is 0 Å². The lowest BCUT2D eigenvalue weighted by Crippen LogP contribution is -2.25. The van der Waals surface area contributed by atoms with E-state index in [9.17, 15) is 4.79 Å². The van der Waals surface area contributed by atoms with E-state index in [4.69, 9.17) is 0 Å². The van der Waals surface area contributed by atoms with Gasteiger partial charge in [-0.1, -0.05) is 43.3 Å². The molecule has 0 unspecified atom stereocenters. The van der Waals surface area contributed by atoms with Gasteiger partial charge in [-0.3, -0.25) is 4.79 Å². The maximum atomic E-state index is 12.1. The van der Waals surface area contributed by atoms with Crippen molar-refractivity contribution in [3.8, 4) is 0 Å². The van der Waals surface area contributed by atoms with Crippen molar-refractivity contribution in [2.45, 2.75) is 36.8 Å². The summed E-state index contributed by atoms with van der Waals surface area (Å²) >= 11 is 1.86. The highest BCUT2D eigenvalue weighted by Gasteiger charge is 2.24. The molecule has 1 heterocycles. The predicted molar refractivity (Wildman–Crippen MR) is 93.4 cm³/mol. The minimum absolute atomic E-state index is 0.264. The third-order valence-corrected chi connectivity index (χ3v) is 5.23. The van der Waals surface area contributed by atoms with Crippen molar-refractivity contribution in [3.63, 3.8) is 0 Å². The minimum atomic E-state index is 0.264. The first-order valence-electron chi connectivity index (χ1n) is 7.88. The summed E-state index contributed by atoms with van der Waals surface area (Å²) < 4.78 is 0. The summed E-state index contributed by atoms with van der Waals surface area (Å²) in [5.41, 5.74) is 3.75. The highest BCUT2D eigenvalue weighted by molar-refractivity contribution is 7.98. The number of carbonyl (C=O) groups excluding carboxylic acids is 1. The van der Waals surface area contributed by atoms with Crippen LogP contribution in [0.5, 0.6) is 0 Å². The molecule has 0 bridgehead atoms. The van der Waals surface area contributed by atoms with Crippen LogP contribution < -0.4 is 4.90 Å². The Labute approximate surface area is 136 Å². The van der Waals surface area contributed by atoms with Crippen molar-refractivity contribution in [1.29, 1.82) is 0 Å². The van der Waals surface area contributed by atoms with E-state index in [1.165, 1.54) is 16.0 Å². The van der Waals surface area contributed by atoms with Gasteiger partial charge in [-0.25, -0.2) is 0 Å². The lowest BCUT2D eigenvalue weighted by molar-refractivity contribution is -0.117. The van der Waals surface area contributed by atoms with E-state index in [0.717, 1.165) is 30.8 Å². The van der Waals surface area contributed by atoms with Crippen molar-refractivity contribution in [2.75, 3.05) is 11.4 Å². The maximum absolute atomic E-state index is 12.1. The zero-order valence-electron chi connectivity index (χ0n) is 12.9. The average molecular weight is 311 g/mol. The number of hydrogen-bond acceptors (Lipinski definition) is 2. The van der Waals surface area contributed by atoms with Crippen LogP contribution in [0.1, 0.15) is 30.9 Å². The SMILES string of the molecule is CCc1c(SCc2ccccc2)cccc1N1CCCC1=O. The second kappa shape index (κ2) is 7.01. The molecular formula is C19H21NOS. The van der Waals surface area contributed by atoms with Crippen LogP contribution >= 0.6 is 11.8 Å². The molecule has 0 atom stereocenters. The quantitative estimate of drug-likeness (QED) is 0.748. The van der Waals surface area contributed by atoms with Crippen molar-refractivity contribution in [3.05, 3.63) is 59.7 Å².